The number of ether oxygens (including phenoxy) is 2. The number of nitrogens with zero attached hydrogens (tertiary/aromatic N) is 1. The summed E-state index contributed by atoms with van der Waals surface area (Å²) in [6, 6.07) is 2.61. The minimum atomic E-state index is -0.764. The van der Waals surface area contributed by atoms with E-state index < -0.39 is 17.8 Å². The van der Waals surface area contributed by atoms with Crippen LogP contribution in [-0.4, -0.2) is 42.5 Å². The van der Waals surface area contributed by atoms with Crippen molar-refractivity contribution < 1.29 is 23.9 Å². The number of urea groups is 1. The van der Waals surface area contributed by atoms with E-state index in [4.69, 9.17) is 9.47 Å². The maximum Gasteiger partial charge on any atom is 0.331 e. The summed E-state index contributed by atoms with van der Waals surface area (Å²) in [7, 11) is 0. The molecule has 1 aliphatic heterocycles. The lowest BCUT2D eigenvalue weighted by Gasteiger charge is -2.25. The van der Waals surface area contributed by atoms with Gasteiger partial charge in [0, 0.05) is 6.54 Å². The second-order valence-corrected chi connectivity index (χ2v) is 6.07. The molecule has 8 heteroatoms. The van der Waals surface area contributed by atoms with Gasteiger partial charge in [-0.1, -0.05) is 6.08 Å². The van der Waals surface area contributed by atoms with E-state index in [1.165, 1.54) is 12.2 Å². The molecule has 0 aromatic heterocycles. The van der Waals surface area contributed by atoms with Crippen molar-refractivity contribution in [3.05, 3.63) is 40.4 Å². The molecule has 0 saturated carbocycles. The van der Waals surface area contributed by atoms with E-state index in [9.17, 15) is 14.4 Å². The minimum Gasteiger partial charge on any atom is -0.490 e. The number of imide groups is 2. The highest BCUT2D eigenvalue weighted by atomic mass is 79.9. The van der Waals surface area contributed by atoms with Crippen LogP contribution >= 0.6 is 15.9 Å². The highest BCUT2D eigenvalue weighted by molar-refractivity contribution is 9.10. The Labute approximate surface area is 159 Å². The van der Waals surface area contributed by atoms with Crippen LogP contribution in [0.2, 0.25) is 0 Å². The van der Waals surface area contributed by atoms with Gasteiger partial charge in [0.1, 0.15) is 5.57 Å². The molecule has 0 bridgehead atoms. The van der Waals surface area contributed by atoms with E-state index in [-0.39, 0.29) is 12.1 Å². The van der Waals surface area contributed by atoms with E-state index in [1.807, 2.05) is 13.8 Å². The number of rotatable bonds is 7. The van der Waals surface area contributed by atoms with E-state index in [0.717, 1.165) is 4.90 Å². The second kappa shape index (κ2) is 8.66. The van der Waals surface area contributed by atoms with Crippen LogP contribution in [0.15, 0.2) is 34.8 Å². The predicted molar refractivity (Wildman–Crippen MR) is 99.9 cm³/mol. The fraction of sp³-hybridized carbons (Fsp3) is 0.278. The van der Waals surface area contributed by atoms with Crippen LogP contribution < -0.4 is 14.8 Å². The van der Waals surface area contributed by atoms with Gasteiger partial charge in [0.25, 0.3) is 11.8 Å². The average molecular weight is 423 g/mol. The fourth-order valence-corrected chi connectivity index (χ4v) is 2.95. The first-order valence-corrected chi connectivity index (χ1v) is 8.81. The molecule has 1 fully saturated rings. The molecule has 4 amide bonds. The van der Waals surface area contributed by atoms with Gasteiger partial charge in [-0.05, 0) is 53.5 Å². The molecule has 26 heavy (non-hydrogen) atoms. The molecule has 7 nitrogen and oxygen atoms in total. The number of hydrogen-bond acceptors (Lipinski definition) is 5. The van der Waals surface area contributed by atoms with Gasteiger partial charge < -0.3 is 9.47 Å². The van der Waals surface area contributed by atoms with Crippen LogP contribution in [0.25, 0.3) is 6.08 Å². The number of amides is 4. The fourth-order valence-electron chi connectivity index (χ4n) is 2.37. The average Bonchev–Trinajstić information content (AvgIpc) is 2.58. The zero-order valence-corrected chi connectivity index (χ0v) is 16.1. The standard InChI is InChI=1S/C18H19BrN2O5/c1-4-7-21-17(23)12(16(22)20-18(21)24)8-11-9-13(19)15(26-6-3)14(10-11)25-5-2/h4,8-10H,1,5-7H2,2-3H3,(H,20,22,24)/b12-8-. The van der Waals surface area contributed by atoms with E-state index >= 15 is 0 Å². The molecule has 0 spiro atoms. The number of nitrogens with one attached hydrogen (secondary N) is 1. The Hall–Kier alpha value is -2.61. The van der Waals surface area contributed by atoms with Gasteiger partial charge in [0.2, 0.25) is 0 Å². The molecular weight excluding hydrogens is 404 g/mol. The van der Waals surface area contributed by atoms with Crippen molar-refractivity contribution in [2.45, 2.75) is 13.8 Å². The molecule has 1 aromatic carbocycles. The third kappa shape index (κ3) is 4.13. The molecule has 1 N–H and O–H groups in total. The van der Waals surface area contributed by atoms with Crippen molar-refractivity contribution in [3.63, 3.8) is 0 Å². The smallest absolute Gasteiger partial charge is 0.331 e. The number of carbonyl (C=O) groups is 3. The van der Waals surface area contributed by atoms with Gasteiger partial charge in [-0.3, -0.25) is 19.8 Å². The van der Waals surface area contributed by atoms with Crippen molar-refractivity contribution in [2.75, 3.05) is 19.8 Å². The quantitative estimate of drug-likeness (QED) is 0.414. The molecule has 0 unspecified atom stereocenters. The normalized spacial score (nSPS) is 15.9. The largest absolute Gasteiger partial charge is 0.490 e. The van der Waals surface area contributed by atoms with Crippen molar-refractivity contribution in [1.82, 2.24) is 10.2 Å². The molecule has 138 valence electrons. The van der Waals surface area contributed by atoms with Gasteiger partial charge in [0.15, 0.2) is 11.5 Å². The predicted octanol–water partition coefficient (Wildman–Crippen LogP) is 2.89. The lowest BCUT2D eigenvalue weighted by atomic mass is 10.1. The summed E-state index contributed by atoms with van der Waals surface area (Å²) in [5.41, 5.74) is 0.403. The maximum absolute atomic E-state index is 12.5. The minimum absolute atomic E-state index is 0.00640. The third-order valence-corrected chi connectivity index (χ3v) is 4.02. The van der Waals surface area contributed by atoms with Gasteiger partial charge in [0.05, 0.1) is 17.7 Å². The first-order valence-electron chi connectivity index (χ1n) is 8.01. The van der Waals surface area contributed by atoms with E-state index in [2.05, 4.69) is 27.8 Å². The highest BCUT2D eigenvalue weighted by Gasteiger charge is 2.35. The Kier molecular flexibility index (Phi) is 6.57. The van der Waals surface area contributed by atoms with Crippen molar-refractivity contribution in [3.8, 4) is 11.5 Å². The Morgan fingerprint density at radius 1 is 1.19 bits per heavy atom. The first-order chi connectivity index (χ1) is 12.4. The first kappa shape index (κ1) is 19.7. The third-order valence-electron chi connectivity index (χ3n) is 3.43. The van der Waals surface area contributed by atoms with Gasteiger partial charge in [-0.15, -0.1) is 6.58 Å². The van der Waals surface area contributed by atoms with Crippen LogP contribution in [0.3, 0.4) is 0 Å². The van der Waals surface area contributed by atoms with Gasteiger partial charge in [-0.2, -0.15) is 0 Å². The summed E-state index contributed by atoms with van der Waals surface area (Å²) in [5.74, 6) is -0.400. The van der Waals surface area contributed by atoms with Gasteiger partial charge >= 0.3 is 6.03 Å². The Balaban J connectivity index is 2.46. The number of halogens is 1. The van der Waals surface area contributed by atoms with E-state index in [1.54, 1.807) is 12.1 Å². The second-order valence-electron chi connectivity index (χ2n) is 5.22. The number of hydrogen-bond donors (Lipinski definition) is 1. The summed E-state index contributed by atoms with van der Waals surface area (Å²) in [6.45, 7) is 8.09. The number of carbonyl (C=O) groups excluding carboxylic acids is 3. The maximum atomic E-state index is 12.5. The summed E-state index contributed by atoms with van der Waals surface area (Å²) < 4.78 is 11.8. The van der Waals surface area contributed by atoms with Gasteiger partial charge in [-0.25, -0.2) is 4.79 Å². The monoisotopic (exact) mass is 422 g/mol. The molecule has 2 rings (SSSR count). The molecule has 0 aliphatic carbocycles. The zero-order valence-electron chi connectivity index (χ0n) is 14.5. The topological polar surface area (TPSA) is 84.9 Å². The Bertz CT molecular complexity index is 788. The van der Waals surface area contributed by atoms with Crippen molar-refractivity contribution in [1.29, 1.82) is 0 Å². The molecular formula is C18H19BrN2O5. The summed E-state index contributed by atoms with van der Waals surface area (Å²) in [4.78, 5) is 37.2. The summed E-state index contributed by atoms with van der Waals surface area (Å²) in [6.07, 6.45) is 2.81. The lowest BCUT2D eigenvalue weighted by Crippen LogP contribution is -2.54. The van der Waals surface area contributed by atoms with Crippen LogP contribution in [0.1, 0.15) is 19.4 Å². The summed E-state index contributed by atoms with van der Waals surface area (Å²) >= 11 is 3.41. The van der Waals surface area contributed by atoms with Crippen molar-refractivity contribution in [2.24, 2.45) is 0 Å². The zero-order chi connectivity index (χ0) is 19.3. The van der Waals surface area contributed by atoms with E-state index in [0.29, 0.717) is 34.7 Å². The molecule has 1 aliphatic rings. The van der Waals surface area contributed by atoms with Crippen LogP contribution in [0.5, 0.6) is 11.5 Å². The van der Waals surface area contributed by atoms with Crippen LogP contribution in [0, 0.1) is 0 Å². The van der Waals surface area contributed by atoms with Crippen LogP contribution in [-0.2, 0) is 9.59 Å². The SMILES string of the molecule is C=CCN1C(=O)NC(=O)/C(=C/c2cc(Br)c(OCC)c(OCC)c2)C1=O. The highest BCUT2D eigenvalue weighted by Crippen LogP contribution is 2.37. The molecule has 0 atom stereocenters. The lowest BCUT2D eigenvalue weighted by molar-refractivity contribution is -0.129. The molecule has 1 aromatic rings. The molecule has 1 heterocycles. The molecule has 1 saturated heterocycles. The Morgan fingerprint density at radius 3 is 2.50 bits per heavy atom. The number of benzene rings is 1. The number of barbiturate groups is 1. The Morgan fingerprint density at radius 2 is 1.88 bits per heavy atom. The summed E-state index contributed by atoms with van der Waals surface area (Å²) in [5, 5.41) is 2.14. The molecule has 0 radical (unpaired) electrons. The van der Waals surface area contributed by atoms with Crippen LogP contribution in [0.4, 0.5) is 4.79 Å². The van der Waals surface area contributed by atoms with Crippen molar-refractivity contribution >= 4 is 39.9 Å².